The van der Waals surface area contributed by atoms with E-state index in [9.17, 15) is 15.0 Å². The third kappa shape index (κ3) is 5.09. The van der Waals surface area contributed by atoms with E-state index in [4.69, 9.17) is 10.5 Å². The molecular weight excluding hydrogens is 404 g/mol. The van der Waals surface area contributed by atoms with E-state index in [-0.39, 0.29) is 23.2 Å². The Bertz CT molecular complexity index is 1150. The number of ether oxygens (including phenoxy) is 1. The van der Waals surface area contributed by atoms with Gasteiger partial charge in [0.2, 0.25) is 0 Å². The Morgan fingerprint density at radius 2 is 1.44 bits per heavy atom. The number of carbonyl (C=O) groups excluding carboxylic acids is 1. The number of hydrogen-bond donors (Lipinski definition) is 3. The first-order valence-corrected chi connectivity index (χ1v) is 10.7. The Kier molecular flexibility index (Phi) is 7.49. The van der Waals surface area contributed by atoms with Crippen molar-refractivity contribution < 1.29 is 19.7 Å². The van der Waals surface area contributed by atoms with Crippen molar-refractivity contribution in [1.82, 2.24) is 4.98 Å². The predicted octanol–water partition coefficient (Wildman–Crippen LogP) is 5.80. The first-order chi connectivity index (χ1) is 15.5. The smallest absolute Gasteiger partial charge is 0.346 e. The topological polar surface area (TPSA) is 106 Å². The largest absolute Gasteiger partial charge is 0.507 e. The zero-order valence-corrected chi connectivity index (χ0v) is 18.3. The lowest BCUT2D eigenvalue weighted by atomic mass is 10.1. The summed E-state index contributed by atoms with van der Waals surface area (Å²) in [5, 5.41) is 21.1. The number of aromatic hydroxyl groups is 2. The molecule has 0 radical (unpaired) electrons. The number of anilines is 1. The maximum absolute atomic E-state index is 11.8. The summed E-state index contributed by atoms with van der Waals surface area (Å²) in [6, 6.07) is 20.0. The first-order valence-electron chi connectivity index (χ1n) is 10.7. The number of benzene rings is 3. The molecule has 4 N–H and O–H groups in total. The molecule has 4 aromatic rings. The van der Waals surface area contributed by atoms with Crippen LogP contribution in [0.15, 0.2) is 66.7 Å². The van der Waals surface area contributed by atoms with E-state index < -0.39 is 5.97 Å². The second-order valence-corrected chi connectivity index (χ2v) is 7.46. The summed E-state index contributed by atoms with van der Waals surface area (Å²) in [7, 11) is 0. The molecule has 6 nitrogen and oxygen atoms in total. The van der Waals surface area contributed by atoms with Crippen molar-refractivity contribution in [2.75, 3.05) is 5.73 Å². The Labute approximate surface area is 187 Å². The Hall–Kier alpha value is -3.80. The van der Waals surface area contributed by atoms with Crippen LogP contribution in [0.25, 0.3) is 21.8 Å². The lowest BCUT2D eigenvalue weighted by Crippen LogP contribution is -2.17. The third-order valence-corrected chi connectivity index (χ3v) is 5.19. The molecule has 0 spiro atoms. The van der Waals surface area contributed by atoms with Crippen molar-refractivity contribution in [3.05, 3.63) is 72.3 Å². The van der Waals surface area contributed by atoms with Gasteiger partial charge in [0.25, 0.3) is 0 Å². The Morgan fingerprint density at radius 1 is 0.906 bits per heavy atom. The second kappa shape index (κ2) is 10.5. The average Bonchev–Trinajstić information content (AvgIpc) is 2.79. The van der Waals surface area contributed by atoms with Crippen molar-refractivity contribution in [2.24, 2.45) is 0 Å². The number of pyridine rings is 1. The van der Waals surface area contributed by atoms with Gasteiger partial charge in [-0.1, -0.05) is 62.7 Å². The molecule has 3 aromatic carbocycles. The van der Waals surface area contributed by atoms with Crippen LogP contribution in [-0.4, -0.2) is 27.3 Å². The summed E-state index contributed by atoms with van der Waals surface area (Å²) in [6.07, 6.45) is 2.23. The summed E-state index contributed by atoms with van der Waals surface area (Å²) in [6.45, 7) is 3.94. The minimum Gasteiger partial charge on any atom is -0.507 e. The van der Waals surface area contributed by atoms with Crippen LogP contribution < -0.4 is 5.73 Å². The van der Waals surface area contributed by atoms with Gasteiger partial charge in [-0.2, -0.15) is 0 Å². The molecule has 32 heavy (non-hydrogen) atoms. The molecule has 166 valence electrons. The number of aromatic nitrogens is 1. The van der Waals surface area contributed by atoms with Crippen LogP contribution in [0, 0.1) is 0 Å². The van der Waals surface area contributed by atoms with Gasteiger partial charge < -0.3 is 20.7 Å². The highest BCUT2D eigenvalue weighted by molar-refractivity contribution is 6.06. The van der Waals surface area contributed by atoms with Gasteiger partial charge in [-0.15, -0.1) is 0 Å². The molecule has 1 aromatic heterocycles. The predicted molar refractivity (Wildman–Crippen MR) is 128 cm³/mol. The van der Waals surface area contributed by atoms with Gasteiger partial charge in [0.05, 0.1) is 16.7 Å². The molecule has 0 saturated carbocycles. The molecule has 1 atom stereocenters. The Morgan fingerprint density at radius 3 is 1.94 bits per heavy atom. The van der Waals surface area contributed by atoms with E-state index >= 15 is 0 Å². The van der Waals surface area contributed by atoms with E-state index in [1.54, 1.807) is 0 Å². The van der Waals surface area contributed by atoms with Gasteiger partial charge in [0.1, 0.15) is 23.2 Å². The monoisotopic (exact) mass is 432 g/mol. The lowest BCUT2D eigenvalue weighted by molar-refractivity contribution is 0.0265. The zero-order valence-electron chi connectivity index (χ0n) is 18.3. The van der Waals surface area contributed by atoms with Crippen LogP contribution in [0.4, 0.5) is 5.69 Å². The van der Waals surface area contributed by atoms with E-state index in [0.717, 1.165) is 40.3 Å². The number of phenols is 2. The van der Waals surface area contributed by atoms with Gasteiger partial charge in [-0.05, 0) is 37.1 Å². The number of nitrogen functional groups attached to an aromatic ring is 1. The van der Waals surface area contributed by atoms with Gasteiger partial charge in [-0.25, -0.2) is 9.78 Å². The number of nitrogens with zero attached hydrogens (tertiary/aromatic N) is 1. The number of carbonyl (C=O) groups is 1. The fourth-order valence-corrected chi connectivity index (χ4v) is 3.49. The summed E-state index contributed by atoms with van der Waals surface area (Å²) < 4.78 is 5.23. The highest BCUT2D eigenvalue weighted by Crippen LogP contribution is 2.28. The fourth-order valence-electron chi connectivity index (χ4n) is 3.49. The summed E-state index contributed by atoms with van der Waals surface area (Å²) in [5.74, 6) is -1.20. The summed E-state index contributed by atoms with van der Waals surface area (Å²) in [4.78, 5) is 16.3. The highest BCUT2D eigenvalue weighted by Gasteiger charge is 2.20. The molecule has 1 unspecified atom stereocenters. The standard InChI is InChI=1S/C13H10N2.C13H18O4/c14-13-9-5-1-3-7-11(9)15-12-8-4-2-6-10(12)13;1-3-6-9(4-2)17-13(16)12-10(14)7-5-8-11(12)15/h1-8H,(H2,14,15);5,7-9,14-15H,3-4,6H2,1-2H3. The average molecular weight is 433 g/mol. The van der Waals surface area contributed by atoms with E-state index in [1.807, 2.05) is 62.4 Å². The van der Waals surface area contributed by atoms with Crippen LogP contribution in [0.1, 0.15) is 43.5 Å². The quantitative estimate of drug-likeness (QED) is 0.272. The second-order valence-electron chi connectivity index (χ2n) is 7.46. The molecule has 6 heteroatoms. The molecule has 0 aliphatic carbocycles. The number of para-hydroxylation sites is 2. The number of phenolic OH excluding ortho intramolecular Hbond substituents is 2. The zero-order chi connectivity index (χ0) is 23.1. The molecule has 0 bridgehead atoms. The minimum atomic E-state index is -0.680. The van der Waals surface area contributed by atoms with E-state index in [1.165, 1.54) is 18.2 Å². The SMILES string of the molecule is CCCC(CC)OC(=O)c1c(O)cccc1O.Nc1c2ccccc2nc2ccccc12. The molecular formula is C26H28N2O4. The van der Waals surface area contributed by atoms with Crippen LogP contribution >= 0.6 is 0 Å². The van der Waals surface area contributed by atoms with Crippen molar-refractivity contribution in [3.63, 3.8) is 0 Å². The Balaban J connectivity index is 0.000000181. The molecule has 0 saturated heterocycles. The van der Waals surface area contributed by atoms with Gasteiger partial charge >= 0.3 is 5.97 Å². The number of rotatable bonds is 5. The molecule has 0 aliphatic heterocycles. The molecule has 4 rings (SSSR count). The van der Waals surface area contributed by atoms with Crippen molar-refractivity contribution >= 4 is 33.5 Å². The van der Waals surface area contributed by atoms with Crippen molar-refractivity contribution in [3.8, 4) is 11.5 Å². The summed E-state index contributed by atoms with van der Waals surface area (Å²) in [5.41, 5.74) is 8.67. The normalized spacial score (nSPS) is 11.6. The number of hydrogen-bond acceptors (Lipinski definition) is 6. The maximum Gasteiger partial charge on any atom is 0.346 e. The van der Waals surface area contributed by atoms with E-state index in [2.05, 4.69) is 4.98 Å². The van der Waals surface area contributed by atoms with Crippen LogP contribution in [0.5, 0.6) is 11.5 Å². The molecule has 0 aliphatic rings. The number of fused-ring (bicyclic) bond motifs is 2. The molecule has 0 amide bonds. The van der Waals surface area contributed by atoms with Gasteiger partial charge in [-0.3, -0.25) is 0 Å². The van der Waals surface area contributed by atoms with Gasteiger partial charge in [0, 0.05) is 10.8 Å². The number of nitrogens with two attached hydrogens (primary N) is 1. The molecule has 0 fully saturated rings. The van der Waals surface area contributed by atoms with Gasteiger partial charge in [0.15, 0.2) is 0 Å². The van der Waals surface area contributed by atoms with Crippen molar-refractivity contribution in [1.29, 1.82) is 0 Å². The molecule has 1 heterocycles. The maximum atomic E-state index is 11.8. The van der Waals surface area contributed by atoms with Crippen LogP contribution in [-0.2, 0) is 4.74 Å². The first kappa shape index (κ1) is 22.9. The van der Waals surface area contributed by atoms with Crippen molar-refractivity contribution in [2.45, 2.75) is 39.2 Å². The minimum absolute atomic E-state index is 0.165. The highest BCUT2D eigenvalue weighted by atomic mass is 16.5. The fraction of sp³-hybridized carbons (Fsp3) is 0.231. The number of esters is 1. The third-order valence-electron chi connectivity index (χ3n) is 5.19. The van der Waals surface area contributed by atoms with E-state index in [0.29, 0.717) is 6.42 Å². The van der Waals surface area contributed by atoms with Crippen LogP contribution in [0.2, 0.25) is 0 Å². The van der Waals surface area contributed by atoms with Crippen LogP contribution in [0.3, 0.4) is 0 Å². The summed E-state index contributed by atoms with van der Waals surface area (Å²) >= 11 is 0. The lowest BCUT2D eigenvalue weighted by Gasteiger charge is -2.16.